The van der Waals surface area contributed by atoms with Crippen molar-refractivity contribution >= 4 is 0 Å². The zero-order valence-electron chi connectivity index (χ0n) is 16.5. The number of aromatic nitrogens is 3. The summed E-state index contributed by atoms with van der Waals surface area (Å²) in [6.45, 7) is 5.68. The quantitative estimate of drug-likeness (QED) is 0.703. The first-order valence-electron chi connectivity index (χ1n) is 10.7. The lowest BCUT2D eigenvalue weighted by Gasteiger charge is -2.27. The molecule has 1 aliphatic heterocycles. The first kappa shape index (κ1) is 17.8. The average molecular weight is 352 g/mol. The van der Waals surface area contributed by atoms with Gasteiger partial charge >= 0.3 is 0 Å². The van der Waals surface area contributed by atoms with Crippen LogP contribution < -0.4 is 0 Å². The van der Waals surface area contributed by atoms with Crippen molar-refractivity contribution < 1.29 is 0 Å². The molecule has 1 aliphatic carbocycles. The predicted molar refractivity (Wildman–Crippen MR) is 107 cm³/mol. The van der Waals surface area contributed by atoms with E-state index in [1.54, 1.807) is 0 Å². The molecule has 3 nitrogen and oxygen atoms in total. The van der Waals surface area contributed by atoms with Gasteiger partial charge < -0.3 is 4.57 Å². The third kappa shape index (κ3) is 3.45. The van der Waals surface area contributed by atoms with E-state index in [0.717, 1.165) is 24.7 Å². The SMILES string of the molecule is CC(C)(c1ccc(C2CCCCC2)cc1)c1nnc2n1CCCCCC2. The van der Waals surface area contributed by atoms with E-state index in [4.69, 9.17) is 0 Å². The summed E-state index contributed by atoms with van der Waals surface area (Å²) in [5, 5.41) is 9.21. The number of rotatable bonds is 3. The second-order valence-electron chi connectivity index (χ2n) is 8.84. The molecule has 0 radical (unpaired) electrons. The standard InChI is InChI=1S/C23H33N3/c1-23(2,22-25-24-21-12-8-3-4-9-17-26(21)22)20-15-13-19(14-16-20)18-10-6-5-7-11-18/h13-16,18H,3-12,17H2,1-2H3. The molecule has 0 saturated heterocycles. The minimum absolute atomic E-state index is 0.102. The van der Waals surface area contributed by atoms with Crippen molar-refractivity contribution in [3.63, 3.8) is 0 Å². The van der Waals surface area contributed by atoms with Gasteiger partial charge in [-0.1, -0.05) is 56.4 Å². The Hall–Kier alpha value is -1.64. The highest BCUT2D eigenvalue weighted by Gasteiger charge is 2.31. The topological polar surface area (TPSA) is 30.7 Å². The molecule has 2 aromatic rings. The van der Waals surface area contributed by atoms with Crippen LogP contribution in [0.3, 0.4) is 0 Å². The second kappa shape index (κ2) is 7.54. The van der Waals surface area contributed by atoms with Gasteiger partial charge in [0.25, 0.3) is 0 Å². The fourth-order valence-corrected chi connectivity index (χ4v) is 4.86. The van der Waals surface area contributed by atoms with Crippen LogP contribution in [0.2, 0.25) is 0 Å². The molecule has 0 bridgehead atoms. The summed E-state index contributed by atoms with van der Waals surface area (Å²) in [5.74, 6) is 3.10. The van der Waals surface area contributed by atoms with Gasteiger partial charge in [-0.3, -0.25) is 0 Å². The molecular formula is C23H33N3. The highest BCUT2D eigenvalue weighted by Crippen LogP contribution is 2.36. The molecule has 0 amide bonds. The summed E-state index contributed by atoms with van der Waals surface area (Å²) < 4.78 is 2.41. The highest BCUT2D eigenvalue weighted by molar-refractivity contribution is 5.35. The Bertz CT molecular complexity index is 720. The van der Waals surface area contributed by atoms with Crippen molar-refractivity contribution in [1.82, 2.24) is 14.8 Å². The highest BCUT2D eigenvalue weighted by atomic mass is 15.3. The van der Waals surface area contributed by atoms with Gasteiger partial charge in [0.05, 0.1) is 0 Å². The van der Waals surface area contributed by atoms with Gasteiger partial charge in [-0.2, -0.15) is 0 Å². The molecule has 0 N–H and O–H groups in total. The normalized spacial score (nSPS) is 19.6. The first-order valence-corrected chi connectivity index (χ1v) is 10.7. The smallest absolute Gasteiger partial charge is 0.143 e. The molecule has 4 rings (SSSR count). The molecule has 0 unspecified atom stereocenters. The van der Waals surface area contributed by atoms with E-state index in [1.807, 2.05) is 0 Å². The third-order valence-electron chi connectivity index (χ3n) is 6.63. The monoisotopic (exact) mass is 351 g/mol. The van der Waals surface area contributed by atoms with Gasteiger partial charge in [-0.05, 0) is 56.6 Å². The predicted octanol–water partition coefficient (Wildman–Crippen LogP) is 5.77. The summed E-state index contributed by atoms with van der Waals surface area (Å²) in [6, 6.07) is 9.43. The summed E-state index contributed by atoms with van der Waals surface area (Å²) in [6.07, 6.45) is 13.1. The van der Waals surface area contributed by atoms with Crippen LogP contribution in [0.1, 0.15) is 100 Å². The van der Waals surface area contributed by atoms with E-state index in [1.165, 1.54) is 74.7 Å². The number of hydrogen-bond acceptors (Lipinski definition) is 2. The Kier molecular flexibility index (Phi) is 5.15. The van der Waals surface area contributed by atoms with Crippen molar-refractivity contribution in [2.75, 3.05) is 0 Å². The molecule has 0 atom stereocenters. The number of hydrogen-bond donors (Lipinski definition) is 0. The molecule has 26 heavy (non-hydrogen) atoms. The molecule has 1 fully saturated rings. The lowest BCUT2D eigenvalue weighted by Crippen LogP contribution is -2.26. The van der Waals surface area contributed by atoms with Crippen molar-refractivity contribution in [2.45, 2.75) is 95.9 Å². The molecule has 1 aromatic heterocycles. The van der Waals surface area contributed by atoms with E-state index in [2.05, 4.69) is 52.9 Å². The maximum absolute atomic E-state index is 4.65. The molecule has 3 heteroatoms. The van der Waals surface area contributed by atoms with E-state index >= 15 is 0 Å². The van der Waals surface area contributed by atoms with Crippen LogP contribution in [0.5, 0.6) is 0 Å². The van der Waals surface area contributed by atoms with Crippen molar-refractivity contribution in [1.29, 1.82) is 0 Å². The van der Waals surface area contributed by atoms with Crippen molar-refractivity contribution in [2.24, 2.45) is 0 Å². The fourth-order valence-electron chi connectivity index (χ4n) is 4.86. The van der Waals surface area contributed by atoms with E-state index in [9.17, 15) is 0 Å². The zero-order chi connectivity index (χ0) is 18.0. The van der Waals surface area contributed by atoms with Crippen LogP contribution in [0.4, 0.5) is 0 Å². The Morgan fingerprint density at radius 3 is 2.31 bits per heavy atom. The van der Waals surface area contributed by atoms with E-state index in [0.29, 0.717) is 0 Å². The summed E-state index contributed by atoms with van der Waals surface area (Å²) in [5.41, 5.74) is 2.78. The molecule has 2 aliphatic rings. The lowest BCUT2D eigenvalue weighted by molar-refractivity contribution is 0.443. The van der Waals surface area contributed by atoms with Crippen LogP contribution in [-0.2, 0) is 18.4 Å². The van der Waals surface area contributed by atoms with Crippen molar-refractivity contribution in [3.05, 3.63) is 47.0 Å². The van der Waals surface area contributed by atoms with Gasteiger partial charge in [0, 0.05) is 18.4 Å². The van der Waals surface area contributed by atoms with Crippen LogP contribution in [0.15, 0.2) is 24.3 Å². The Labute approximate surface area is 158 Å². The Morgan fingerprint density at radius 2 is 1.54 bits per heavy atom. The number of nitrogens with zero attached hydrogens (tertiary/aromatic N) is 3. The third-order valence-corrected chi connectivity index (χ3v) is 6.63. The Balaban J connectivity index is 1.60. The zero-order valence-corrected chi connectivity index (χ0v) is 16.5. The maximum Gasteiger partial charge on any atom is 0.143 e. The molecule has 1 saturated carbocycles. The van der Waals surface area contributed by atoms with Crippen LogP contribution in [0, 0.1) is 0 Å². The first-order chi connectivity index (χ1) is 12.7. The summed E-state index contributed by atoms with van der Waals surface area (Å²) in [7, 11) is 0. The van der Waals surface area contributed by atoms with Crippen LogP contribution in [0.25, 0.3) is 0 Å². The minimum atomic E-state index is -0.102. The molecule has 140 valence electrons. The largest absolute Gasteiger partial charge is 0.314 e. The van der Waals surface area contributed by atoms with E-state index in [-0.39, 0.29) is 5.41 Å². The maximum atomic E-state index is 4.65. The number of benzene rings is 1. The van der Waals surface area contributed by atoms with Crippen LogP contribution >= 0.6 is 0 Å². The molecule has 0 spiro atoms. The molecule has 2 heterocycles. The van der Waals surface area contributed by atoms with Gasteiger partial charge in [-0.15, -0.1) is 10.2 Å². The number of aryl methyl sites for hydroxylation is 1. The lowest BCUT2D eigenvalue weighted by atomic mass is 9.80. The van der Waals surface area contributed by atoms with E-state index < -0.39 is 0 Å². The van der Waals surface area contributed by atoms with Gasteiger partial charge in [0.1, 0.15) is 11.6 Å². The number of fused-ring (bicyclic) bond motifs is 1. The summed E-state index contributed by atoms with van der Waals surface area (Å²) >= 11 is 0. The second-order valence-corrected chi connectivity index (χ2v) is 8.84. The Morgan fingerprint density at radius 1 is 0.846 bits per heavy atom. The van der Waals surface area contributed by atoms with Gasteiger partial charge in [0.2, 0.25) is 0 Å². The van der Waals surface area contributed by atoms with Crippen LogP contribution in [-0.4, -0.2) is 14.8 Å². The fraction of sp³-hybridized carbons (Fsp3) is 0.652. The summed E-state index contributed by atoms with van der Waals surface area (Å²) in [4.78, 5) is 0. The molecule has 1 aromatic carbocycles. The molecular weight excluding hydrogens is 318 g/mol. The van der Waals surface area contributed by atoms with Gasteiger partial charge in [0.15, 0.2) is 0 Å². The van der Waals surface area contributed by atoms with Gasteiger partial charge in [-0.25, -0.2) is 0 Å². The van der Waals surface area contributed by atoms with Crippen molar-refractivity contribution in [3.8, 4) is 0 Å². The minimum Gasteiger partial charge on any atom is -0.314 e. The average Bonchev–Trinajstić information content (AvgIpc) is 3.05.